The van der Waals surface area contributed by atoms with Gasteiger partial charge in [0.05, 0.1) is 32.9 Å². The molecule has 6 heterocycles. The van der Waals surface area contributed by atoms with Crippen LogP contribution in [0.2, 0.25) is 5.02 Å². The van der Waals surface area contributed by atoms with Gasteiger partial charge < -0.3 is 14.8 Å². The van der Waals surface area contributed by atoms with E-state index in [1.54, 1.807) is 6.20 Å². The van der Waals surface area contributed by atoms with Gasteiger partial charge in [0.15, 0.2) is 0 Å². The van der Waals surface area contributed by atoms with Gasteiger partial charge in [-0.3, -0.25) is 34.3 Å². The van der Waals surface area contributed by atoms with Crippen molar-refractivity contribution in [3.63, 3.8) is 0 Å². The molecule has 5 aliphatic heterocycles. The molecule has 0 radical (unpaired) electrons. The normalized spacial score (nSPS) is 22.4. The van der Waals surface area contributed by atoms with Gasteiger partial charge in [0.1, 0.15) is 12.1 Å². The van der Waals surface area contributed by atoms with Gasteiger partial charge in [-0.05, 0) is 91.1 Å². The molecule has 2 N–H and O–H groups in total. The van der Waals surface area contributed by atoms with Crippen molar-refractivity contribution in [2.45, 2.75) is 63.6 Å². The Morgan fingerprint density at radius 3 is 2.25 bits per heavy atom. The van der Waals surface area contributed by atoms with Crippen LogP contribution in [0, 0.1) is 17.2 Å². The first kappa shape index (κ1) is 33.6. The molecule has 0 spiro atoms. The van der Waals surface area contributed by atoms with E-state index in [-0.39, 0.29) is 18.7 Å². The second kappa shape index (κ2) is 13.3. The summed E-state index contributed by atoms with van der Waals surface area (Å²) in [7, 11) is 0. The summed E-state index contributed by atoms with van der Waals surface area (Å²) in [5, 5.41) is 13.2. The molecule has 3 aromatic carbocycles. The fourth-order valence-corrected chi connectivity index (χ4v) is 9.54. The number of aromatic nitrogens is 1. The molecule has 1 aromatic heterocycles. The Labute approximate surface area is 312 Å². The van der Waals surface area contributed by atoms with Gasteiger partial charge >= 0.3 is 0 Å². The molecule has 0 saturated carbocycles. The van der Waals surface area contributed by atoms with Crippen molar-refractivity contribution >= 4 is 57.5 Å². The maximum absolute atomic E-state index is 13.3. The minimum absolute atomic E-state index is 0.109. The summed E-state index contributed by atoms with van der Waals surface area (Å²) in [4.78, 5) is 62.3. The van der Waals surface area contributed by atoms with Crippen molar-refractivity contribution in [2.75, 3.05) is 42.5 Å². The number of aromatic amines is 1. The van der Waals surface area contributed by atoms with Crippen LogP contribution in [0.3, 0.4) is 0 Å². The van der Waals surface area contributed by atoms with E-state index in [2.05, 4.69) is 61.4 Å². The standard InChI is InChI=1S/C41H40ClN7O4/c42-33-7-8-34(38-37(33)29(18-43)19-44-38)48-13-1-2-26(23-48)25-3-5-30(6-4-25)47-14-11-24(12-15-47)20-46-21-27-16-31-32(17-28(27)22-46)41(53)49(40(31)52)35-9-10-36(50)45-39(35)51/h3-8,16-17,19,24,26,35,44H,1-2,9-15,20-23H2,(H,45,50,51). The van der Waals surface area contributed by atoms with Crippen LogP contribution in [0.4, 0.5) is 11.4 Å². The van der Waals surface area contributed by atoms with E-state index < -0.39 is 23.8 Å². The van der Waals surface area contributed by atoms with Crippen LogP contribution < -0.4 is 15.1 Å². The fraction of sp³-hybridized carbons (Fsp3) is 0.390. The Hall–Kier alpha value is -5.18. The number of piperidine rings is 3. The molecule has 270 valence electrons. The quantitative estimate of drug-likeness (QED) is 0.241. The summed E-state index contributed by atoms with van der Waals surface area (Å²) < 4.78 is 0. The molecular formula is C41H40ClN7O4. The third kappa shape index (κ3) is 5.94. The summed E-state index contributed by atoms with van der Waals surface area (Å²) in [5.74, 6) is -0.879. The van der Waals surface area contributed by atoms with Gasteiger partial charge in [-0.25, -0.2) is 0 Å². The van der Waals surface area contributed by atoms with E-state index >= 15 is 0 Å². The lowest BCUT2D eigenvalue weighted by Crippen LogP contribution is -2.54. The second-order valence-electron chi connectivity index (χ2n) is 15.2. The number of imide groups is 2. The Bertz CT molecular complexity index is 2170. The Kier molecular flexibility index (Phi) is 8.47. The van der Waals surface area contributed by atoms with Gasteiger partial charge in [0.2, 0.25) is 11.8 Å². The SMILES string of the molecule is N#Cc1c[nH]c2c(N3CCCC(c4ccc(N5CCC(CN6Cc7cc8c(cc7C6)C(=O)N(C6CCC(=O)NC6=O)C8=O)CC5)cc4)C3)ccc(Cl)c12. The monoisotopic (exact) mass is 729 g/mol. The summed E-state index contributed by atoms with van der Waals surface area (Å²) in [6.07, 6.45) is 6.45. The number of nitriles is 1. The minimum Gasteiger partial charge on any atom is -0.372 e. The number of carbonyl (C=O) groups is 4. The second-order valence-corrected chi connectivity index (χ2v) is 15.6. The number of anilines is 2. The molecule has 4 amide bonds. The predicted octanol–water partition coefficient (Wildman–Crippen LogP) is 5.71. The summed E-state index contributed by atoms with van der Waals surface area (Å²) >= 11 is 6.48. The van der Waals surface area contributed by atoms with Crippen LogP contribution in [0.25, 0.3) is 10.9 Å². The van der Waals surface area contributed by atoms with Crippen LogP contribution in [-0.4, -0.2) is 77.2 Å². The van der Waals surface area contributed by atoms with Crippen molar-refractivity contribution in [3.8, 4) is 6.07 Å². The van der Waals surface area contributed by atoms with Crippen molar-refractivity contribution in [1.29, 1.82) is 5.26 Å². The lowest BCUT2D eigenvalue weighted by molar-refractivity contribution is -0.136. The van der Waals surface area contributed by atoms with Crippen molar-refractivity contribution in [2.24, 2.45) is 5.92 Å². The van der Waals surface area contributed by atoms with Crippen molar-refractivity contribution in [3.05, 3.63) is 93.1 Å². The zero-order valence-corrected chi connectivity index (χ0v) is 30.1. The number of hydrogen-bond donors (Lipinski definition) is 2. The third-order valence-electron chi connectivity index (χ3n) is 12.1. The fourth-order valence-electron chi connectivity index (χ4n) is 9.28. The molecule has 11 nitrogen and oxygen atoms in total. The Morgan fingerprint density at radius 1 is 0.849 bits per heavy atom. The molecule has 0 bridgehead atoms. The number of carbonyl (C=O) groups excluding carboxylic acids is 4. The summed E-state index contributed by atoms with van der Waals surface area (Å²) in [6.45, 7) is 6.33. The first-order valence-corrected chi connectivity index (χ1v) is 19.0. The number of rotatable bonds is 6. The largest absolute Gasteiger partial charge is 0.372 e. The minimum atomic E-state index is -0.948. The third-order valence-corrected chi connectivity index (χ3v) is 12.4. The van der Waals surface area contributed by atoms with Gasteiger partial charge in [-0.15, -0.1) is 0 Å². The highest BCUT2D eigenvalue weighted by Gasteiger charge is 2.45. The Balaban J connectivity index is 0.790. The number of nitrogens with one attached hydrogen (secondary N) is 2. The van der Waals surface area contributed by atoms with E-state index in [1.165, 1.54) is 11.3 Å². The number of nitrogens with zero attached hydrogens (tertiary/aromatic N) is 5. The molecule has 3 saturated heterocycles. The van der Waals surface area contributed by atoms with E-state index in [0.29, 0.717) is 33.5 Å². The molecule has 2 unspecified atom stereocenters. The smallest absolute Gasteiger partial charge is 0.262 e. The molecule has 12 heteroatoms. The van der Waals surface area contributed by atoms with Crippen LogP contribution in [0.5, 0.6) is 0 Å². The average Bonchev–Trinajstić information content (AvgIpc) is 3.85. The van der Waals surface area contributed by atoms with Crippen molar-refractivity contribution < 1.29 is 19.2 Å². The zero-order valence-electron chi connectivity index (χ0n) is 29.4. The lowest BCUT2D eigenvalue weighted by Gasteiger charge is -2.36. The highest BCUT2D eigenvalue weighted by atomic mass is 35.5. The molecular weight excluding hydrogens is 690 g/mol. The molecule has 9 rings (SSSR count). The van der Waals surface area contributed by atoms with E-state index in [1.807, 2.05) is 18.2 Å². The maximum Gasteiger partial charge on any atom is 0.262 e. The first-order valence-electron chi connectivity index (χ1n) is 18.6. The molecule has 4 aromatic rings. The molecule has 0 aliphatic carbocycles. The number of hydrogen-bond acceptors (Lipinski definition) is 8. The number of benzene rings is 3. The van der Waals surface area contributed by atoms with Crippen LogP contribution in [0.15, 0.2) is 54.7 Å². The van der Waals surface area contributed by atoms with Crippen LogP contribution >= 0.6 is 11.6 Å². The molecule has 3 fully saturated rings. The topological polar surface area (TPSA) is 133 Å². The molecule has 53 heavy (non-hydrogen) atoms. The van der Waals surface area contributed by atoms with Crippen LogP contribution in [0.1, 0.15) is 87.4 Å². The van der Waals surface area contributed by atoms with Gasteiger partial charge in [-0.2, -0.15) is 5.26 Å². The molecule has 2 atom stereocenters. The van der Waals surface area contributed by atoms with Gasteiger partial charge in [0, 0.05) is 75.4 Å². The predicted molar refractivity (Wildman–Crippen MR) is 201 cm³/mol. The number of amides is 4. The molecule has 5 aliphatic rings. The number of H-pyrrole nitrogens is 1. The Morgan fingerprint density at radius 2 is 1.57 bits per heavy atom. The van der Waals surface area contributed by atoms with Crippen molar-refractivity contribution in [1.82, 2.24) is 20.1 Å². The first-order chi connectivity index (χ1) is 25.7. The van der Waals surface area contributed by atoms with Gasteiger partial charge in [-0.1, -0.05) is 23.7 Å². The highest BCUT2D eigenvalue weighted by Crippen LogP contribution is 2.38. The summed E-state index contributed by atoms with van der Waals surface area (Å²) in [6, 6.07) is 18.1. The zero-order chi connectivity index (χ0) is 36.4. The number of halogens is 1. The highest BCUT2D eigenvalue weighted by molar-refractivity contribution is 6.36. The number of fused-ring (bicyclic) bond motifs is 3. The lowest BCUT2D eigenvalue weighted by atomic mass is 9.89. The van der Waals surface area contributed by atoms with E-state index in [9.17, 15) is 24.4 Å². The summed E-state index contributed by atoms with van der Waals surface area (Å²) in [5.41, 5.74) is 8.06. The maximum atomic E-state index is 13.3. The average molecular weight is 730 g/mol. The van der Waals surface area contributed by atoms with E-state index in [0.717, 1.165) is 104 Å². The van der Waals surface area contributed by atoms with Crippen LogP contribution in [-0.2, 0) is 22.7 Å². The van der Waals surface area contributed by atoms with E-state index in [4.69, 9.17) is 11.6 Å². The van der Waals surface area contributed by atoms with Gasteiger partial charge in [0.25, 0.3) is 11.8 Å².